The van der Waals surface area contributed by atoms with Gasteiger partial charge in [-0.15, -0.1) is 5.10 Å². The van der Waals surface area contributed by atoms with Gasteiger partial charge in [0, 0.05) is 0 Å². The van der Waals surface area contributed by atoms with E-state index in [2.05, 4.69) is 17.2 Å². The number of aromatic nitrogens is 3. The van der Waals surface area contributed by atoms with Gasteiger partial charge in [-0.05, 0) is 50.1 Å². The first-order valence-corrected chi connectivity index (χ1v) is 11.4. The molecule has 3 aromatic rings. The highest BCUT2D eigenvalue weighted by atomic mass is 32.2. The zero-order valence-corrected chi connectivity index (χ0v) is 17.7. The van der Waals surface area contributed by atoms with Crippen molar-refractivity contribution in [3.8, 4) is 0 Å². The minimum Gasteiger partial charge on any atom is -0.358 e. The summed E-state index contributed by atoms with van der Waals surface area (Å²) in [5.74, 6) is 0.162. The van der Waals surface area contributed by atoms with Crippen molar-refractivity contribution in [2.75, 3.05) is 0 Å². The molecule has 0 unspecified atom stereocenters. The summed E-state index contributed by atoms with van der Waals surface area (Å²) in [6.45, 7) is 4.08. The second kappa shape index (κ2) is 9.69. The van der Waals surface area contributed by atoms with E-state index in [0.717, 1.165) is 18.4 Å². The van der Waals surface area contributed by atoms with E-state index < -0.39 is 10.1 Å². The van der Waals surface area contributed by atoms with Gasteiger partial charge < -0.3 is 4.18 Å². The Morgan fingerprint density at radius 1 is 1.03 bits per heavy atom. The van der Waals surface area contributed by atoms with E-state index in [1.54, 1.807) is 30.3 Å². The monoisotopic (exact) mass is 413 g/mol. The van der Waals surface area contributed by atoms with Crippen molar-refractivity contribution in [2.45, 2.75) is 57.3 Å². The fourth-order valence-electron chi connectivity index (χ4n) is 3.03. The minimum atomic E-state index is -3.98. The van der Waals surface area contributed by atoms with Crippen molar-refractivity contribution in [2.24, 2.45) is 0 Å². The van der Waals surface area contributed by atoms with Crippen LogP contribution in [0.2, 0.25) is 0 Å². The van der Waals surface area contributed by atoms with E-state index in [0.29, 0.717) is 17.5 Å². The van der Waals surface area contributed by atoms with Gasteiger partial charge in [0.2, 0.25) is 5.88 Å². The lowest BCUT2D eigenvalue weighted by Gasteiger charge is -2.11. The SMILES string of the molecule is CCCCCCCC=C(OS(=O)(=O)c1ccc(C)cc1)n1nnc2ccccc21. The Bertz CT molecular complexity index is 1070. The quantitative estimate of drug-likeness (QED) is 0.256. The molecule has 0 amide bonds. The van der Waals surface area contributed by atoms with E-state index in [1.807, 2.05) is 31.2 Å². The minimum absolute atomic E-state index is 0.112. The molecule has 1 aromatic heterocycles. The highest BCUT2D eigenvalue weighted by Gasteiger charge is 2.20. The Morgan fingerprint density at radius 2 is 1.76 bits per heavy atom. The Kier molecular flexibility index (Phi) is 7.04. The normalized spacial score (nSPS) is 12.4. The van der Waals surface area contributed by atoms with Crippen molar-refractivity contribution in [1.82, 2.24) is 15.0 Å². The van der Waals surface area contributed by atoms with E-state index in [4.69, 9.17) is 4.18 Å². The summed E-state index contributed by atoms with van der Waals surface area (Å²) in [7, 11) is -3.98. The summed E-state index contributed by atoms with van der Waals surface area (Å²) in [5, 5.41) is 8.24. The van der Waals surface area contributed by atoms with Crippen molar-refractivity contribution >= 4 is 27.0 Å². The van der Waals surface area contributed by atoms with Crippen LogP contribution >= 0.6 is 0 Å². The van der Waals surface area contributed by atoms with Gasteiger partial charge in [-0.2, -0.15) is 13.1 Å². The molecule has 1 heterocycles. The van der Waals surface area contributed by atoms with Gasteiger partial charge in [-0.25, -0.2) is 0 Å². The lowest BCUT2D eigenvalue weighted by Crippen LogP contribution is -2.11. The number of fused-ring (bicyclic) bond motifs is 1. The molecular formula is C22H27N3O3S. The Morgan fingerprint density at radius 3 is 2.52 bits per heavy atom. The standard InChI is InChI=1S/C22H27N3O3S/c1-3-4-5-6-7-8-13-22(25-21-12-10-9-11-20(21)23-24-25)28-29(26,27)19-16-14-18(2)15-17-19/h9-17H,3-8H2,1-2H3. The number of rotatable bonds is 10. The van der Waals surface area contributed by atoms with Crippen LogP contribution in [0.15, 0.2) is 59.5 Å². The topological polar surface area (TPSA) is 74.1 Å². The lowest BCUT2D eigenvalue weighted by atomic mass is 10.1. The molecule has 0 fully saturated rings. The number of allylic oxidation sites excluding steroid dienone is 1. The molecule has 0 saturated heterocycles. The van der Waals surface area contributed by atoms with Crippen LogP contribution in [0.1, 0.15) is 51.0 Å². The first-order valence-electron chi connectivity index (χ1n) is 10.0. The average molecular weight is 414 g/mol. The largest absolute Gasteiger partial charge is 0.358 e. The molecule has 0 radical (unpaired) electrons. The molecular weight excluding hydrogens is 386 g/mol. The molecule has 0 atom stereocenters. The number of benzene rings is 2. The molecule has 0 spiro atoms. The molecule has 154 valence electrons. The average Bonchev–Trinajstić information content (AvgIpc) is 3.14. The molecule has 0 bridgehead atoms. The molecule has 3 rings (SSSR count). The fourth-order valence-corrected chi connectivity index (χ4v) is 3.96. The summed E-state index contributed by atoms with van der Waals surface area (Å²) in [6.07, 6.45) is 8.13. The Balaban J connectivity index is 1.87. The van der Waals surface area contributed by atoms with Gasteiger partial charge in [0.1, 0.15) is 10.4 Å². The summed E-state index contributed by atoms with van der Waals surface area (Å²) in [5.41, 5.74) is 2.36. The number of para-hydroxylation sites is 1. The molecule has 0 aliphatic rings. The molecule has 0 N–H and O–H groups in total. The summed E-state index contributed by atoms with van der Waals surface area (Å²) in [6, 6.07) is 14.0. The van der Waals surface area contributed by atoms with Crippen molar-refractivity contribution in [3.63, 3.8) is 0 Å². The summed E-state index contributed by atoms with van der Waals surface area (Å²) < 4.78 is 32.7. The first kappa shape index (κ1) is 21.0. The third kappa shape index (κ3) is 5.44. The third-order valence-electron chi connectivity index (χ3n) is 4.69. The lowest BCUT2D eigenvalue weighted by molar-refractivity contribution is 0.434. The van der Waals surface area contributed by atoms with Gasteiger partial charge in [0.25, 0.3) is 0 Å². The van der Waals surface area contributed by atoms with Crippen molar-refractivity contribution in [1.29, 1.82) is 0 Å². The van der Waals surface area contributed by atoms with Crippen LogP contribution in [0.4, 0.5) is 0 Å². The Labute approximate surface area is 172 Å². The summed E-state index contributed by atoms with van der Waals surface area (Å²) in [4.78, 5) is 0.112. The van der Waals surface area contributed by atoms with Crippen LogP contribution in [-0.2, 0) is 14.3 Å². The maximum atomic E-state index is 12.8. The molecule has 29 heavy (non-hydrogen) atoms. The maximum absolute atomic E-state index is 12.8. The van der Waals surface area contributed by atoms with E-state index >= 15 is 0 Å². The number of hydrogen-bond donors (Lipinski definition) is 0. The molecule has 0 aliphatic carbocycles. The number of hydrogen-bond acceptors (Lipinski definition) is 5. The number of unbranched alkanes of at least 4 members (excludes halogenated alkanes) is 5. The van der Waals surface area contributed by atoms with Crippen molar-refractivity contribution < 1.29 is 12.6 Å². The second-order valence-electron chi connectivity index (χ2n) is 7.09. The molecule has 0 saturated carbocycles. The number of nitrogens with zero attached hydrogens (tertiary/aromatic N) is 3. The second-order valence-corrected chi connectivity index (χ2v) is 8.63. The molecule has 0 aliphatic heterocycles. The third-order valence-corrected chi connectivity index (χ3v) is 5.93. The van der Waals surface area contributed by atoms with Gasteiger partial charge >= 0.3 is 10.1 Å². The van der Waals surface area contributed by atoms with Crippen molar-refractivity contribution in [3.05, 3.63) is 60.2 Å². The van der Waals surface area contributed by atoms with Gasteiger partial charge in [0.05, 0.1) is 5.52 Å². The zero-order valence-electron chi connectivity index (χ0n) is 16.9. The van der Waals surface area contributed by atoms with E-state index in [9.17, 15) is 8.42 Å². The summed E-state index contributed by atoms with van der Waals surface area (Å²) >= 11 is 0. The molecule has 7 heteroatoms. The van der Waals surface area contributed by atoms with Crippen LogP contribution in [0, 0.1) is 6.92 Å². The zero-order chi connectivity index (χ0) is 20.7. The predicted molar refractivity (Wildman–Crippen MR) is 115 cm³/mol. The van der Waals surface area contributed by atoms with E-state index in [-0.39, 0.29) is 10.8 Å². The molecule has 2 aromatic carbocycles. The predicted octanol–water partition coefficient (Wildman–Crippen LogP) is 5.30. The maximum Gasteiger partial charge on any atom is 0.340 e. The van der Waals surface area contributed by atoms with Gasteiger partial charge in [-0.1, -0.05) is 67.6 Å². The molecule has 6 nitrogen and oxygen atoms in total. The van der Waals surface area contributed by atoms with Crippen LogP contribution in [0.25, 0.3) is 16.9 Å². The fraction of sp³-hybridized carbons (Fsp3) is 0.364. The van der Waals surface area contributed by atoms with Gasteiger partial charge in [0.15, 0.2) is 0 Å². The van der Waals surface area contributed by atoms with E-state index in [1.165, 1.54) is 23.9 Å². The van der Waals surface area contributed by atoms with Crippen LogP contribution in [0.3, 0.4) is 0 Å². The van der Waals surface area contributed by atoms with Gasteiger partial charge in [-0.3, -0.25) is 0 Å². The first-order chi connectivity index (χ1) is 14.0. The Hall–Kier alpha value is -2.67. The van der Waals surface area contributed by atoms with Crippen LogP contribution in [0.5, 0.6) is 0 Å². The smallest absolute Gasteiger partial charge is 0.340 e. The van der Waals surface area contributed by atoms with Crippen LogP contribution < -0.4 is 0 Å². The highest BCUT2D eigenvalue weighted by Crippen LogP contribution is 2.23. The van der Waals surface area contributed by atoms with Crippen LogP contribution in [-0.4, -0.2) is 23.4 Å². The highest BCUT2D eigenvalue weighted by molar-refractivity contribution is 7.87. The number of aryl methyl sites for hydroxylation is 1.